The van der Waals surface area contributed by atoms with E-state index in [0.717, 1.165) is 12.1 Å². The van der Waals surface area contributed by atoms with Crippen LogP contribution in [0.25, 0.3) is 11.0 Å². The highest BCUT2D eigenvalue weighted by Crippen LogP contribution is 2.37. The van der Waals surface area contributed by atoms with Crippen LogP contribution in [0.15, 0.2) is 26.2 Å². The average Bonchev–Trinajstić information content (AvgIpc) is 2.70. The molecule has 31 heavy (non-hydrogen) atoms. The van der Waals surface area contributed by atoms with Gasteiger partial charge >= 0.3 is 5.63 Å². The Kier molecular flexibility index (Phi) is 8.39. The fourth-order valence-corrected chi connectivity index (χ4v) is 3.66. The molecule has 2 aromatic rings. The lowest BCUT2D eigenvalue weighted by Gasteiger charge is -2.12. The van der Waals surface area contributed by atoms with Crippen molar-refractivity contribution in [1.82, 2.24) is 10.6 Å². The van der Waals surface area contributed by atoms with Gasteiger partial charge in [0.1, 0.15) is 20.7 Å². The summed E-state index contributed by atoms with van der Waals surface area (Å²) in [5, 5.41) is 14.3. The second-order valence-electron chi connectivity index (χ2n) is 6.63. The lowest BCUT2D eigenvalue weighted by molar-refractivity contribution is -0.364. The molecule has 1 aromatic carbocycles. The molecule has 11 nitrogen and oxygen atoms in total. The zero-order valence-electron chi connectivity index (χ0n) is 16.4. The van der Waals surface area contributed by atoms with E-state index in [0.29, 0.717) is 38.8 Å². The predicted octanol–water partition coefficient (Wildman–Crippen LogP) is -0.296. The molecule has 2 rings (SSSR count). The molecule has 1 aromatic heterocycles. The van der Waals surface area contributed by atoms with E-state index in [2.05, 4.69) is 16.4 Å². The Labute approximate surface area is 182 Å². The highest BCUT2D eigenvalue weighted by atomic mass is 35.5. The van der Waals surface area contributed by atoms with Crippen LogP contribution in [0.2, 0.25) is 5.02 Å². The summed E-state index contributed by atoms with van der Waals surface area (Å²) in [6, 6.07) is 1.81. The molecule has 0 atom stereocenters. The summed E-state index contributed by atoms with van der Waals surface area (Å²) in [6.07, 6.45) is 2.22. The maximum absolute atomic E-state index is 12.3. The Balaban J connectivity index is 2.05. The van der Waals surface area contributed by atoms with Gasteiger partial charge in [-0.2, -0.15) is 0 Å². The van der Waals surface area contributed by atoms with Crippen molar-refractivity contribution in [3.05, 3.63) is 33.1 Å². The first-order valence-corrected chi connectivity index (χ1v) is 11.1. The van der Waals surface area contributed by atoms with Crippen molar-refractivity contribution in [2.24, 2.45) is 0 Å². The van der Waals surface area contributed by atoms with Crippen molar-refractivity contribution in [1.29, 1.82) is 0 Å². The van der Waals surface area contributed by atoms with Gasteiger partial charge in [-0.15, -0.1) is 0 Å². The van der Waals surface area contributed by atoms with Crippen LogP contribution >= 0.6 is 11.6 Å². The smallest absolute Gasteiger partial charge is 0.349 e. The van der Waals surface area contributed by atoms with Gasteiger partial charge in [0.05, 0.1) is 18.0 Å². The SMILES string of the molecule is [NH3+]CCNC(=O)CCCCCNC(=O)c1cc2cc(S(=O)(=O)[O-])c(O)c(Cl)c2oc1=O. The van der Waals surface area contributed by atoms with Crippen molar-refractivity contribution >= 4 is 44.5 Å². The van der Waals surface area contributed by atoms with Crippen LogP contribution in [0.5, 0.6) is 5.75 Å². The molecule has 0 saturated heterocycles. The standard InChI is InChI=1S/C18H22ClN3O8S/c19-14-15(24)12(31(27,28)29)9-10-8-11(18(26)30-16(10)14)17(25)22-6-3-1-2-4-13(23)21-7-5-20/h8-9,24H,1-7,20H2,(H,21,23)(H,22,25)(H,27,28,29). The van der Waals surface area contributed by atoms with Crippen LogP contribution in [-0.2, 0) is 14.9 Å². The summed E-state index contributed by atoms with van der Waals surface area (Å²) in [5.74, 6) is -1.87. The summed E-state index contributed by atoms with van der Waals surface area (Å²) in [4.78, 5) is 34.9. The van der Waals surface area contributed by atoms with E-state index in [1.807, 2.05) is 0 Å². The number of fused-ring (bicyclic) bond motifs is 1. The lowest BCUT2D eigenvalue weighted by Crippen LogP contribution is -2.54. The number of hydrogen-bond acceptors (Lipinski definition) is 8. The normalized spacial score (nSPS) is 11.5. The van der Waals surface area contributed by atoms with Gasteiger partial charge in [-0.25, -0.2) is 13.2 Å². The predicted molar refractivity (Wildman–Crippen MR) is 109 cm³/mol. The van der Waals surface area contributed by atoms with Gasteiger partial charge < -0.3 is 30.4 Å². The van der Waals surface area contributed by atoms with Crippen molar-refractivity contribution in [3.63, 3.8) is 0 Å². The van der Waals surface area contributed by atoms with E-state index in [1.54, 1.807) is 0 Å². The second kappa shape index (κ2) is 10.6. The van der Waals surface area contributed by atoms with E-state index >= 15 is 0 Å². The summed E-state index contributed by atoms with van der Waals surface area (Å²) in [7, 11) is -5.06. The minimum atomic E-state index is -5.06. The molecule has 170 valence electrons. The number of halogens is 1. The molecule has 0 radical (unpaired) electrons. The molecule has 6 N–H and O–H groups in total. The number of rotatable bonds is 10. The summed E-state index contributed by atoms with van der Waals surface area (Å²) >= 11 is 5.81. The van der Waals surface area contributed by atoms with Crippen LogP contribution in [0.3, 0.4) is 0 Å². The Morgan fingerprint density at radius 2 is 1.87 bits per heavy atom. The Hall–Kier alpha value is -2.67. The fourth-order valence-electron chi connectivity index (χ4n) is 2.74. The third-order valence-electron chi connectivity index (χ3n) is 4.28. The van der Waals surface area contributed by atoms with Gasteiger partial charge in [-0.1, -0.05) is 18.0 Å². The first-order valence-electron chi connectivity index (χ1n) is 9.35. The highest BCUT2D eigenvalue weighted by Gasteiger charge is 2.21. The number of amides is 2. The number of carbonyl (C=O) groups excluding carboxylic acids is 2. The number of nitrogens with one attached hydrogen (secondary N) is 2. The molecule has 0 saturated carbocycles. The monoisotopic (exact) mass is 475 g/mol. The summed E-state index contributed by atoms with van der Waals surface area (Å²) in [6.45, 7) is 1.37. The van der Waals surface area contributed by atoms with E-state index < -0.39 is 42.9 Å². The largest absolute Gasteiger partial charge is 0.744 e. The third-order valence-corrected chi connectivity index (χ3v) is 5.48. The lowest BCUT2D eigenvalue weighted by atomic mass is 10.1. The highest BCUT2D eigenvalue weighted by molar-refractivity contribution is 7.85. The summed E-state index contributed by atoms with van der Waals surface area (Å²) in [5.41, 5.74) is 1.80. The average molecular weight is 476 g/mol. The third kappa shape index (κ3) is 6.40. The molecule has 0 bridgehead atoms. The summed E-state index contributed by atoms with van der Waals surface area (Å²) < 4.78 is 38.8. The van der Waals surface area contributed by atoms with E-state index in [1.165, 1.54) is 0 Å². The second-order valence-corrected chi connectivity index (χ2v) is 8.35. The van der Waals surface area contributed by atoms with Gasteiger partial charge in [-0.05, 0) is 25.0 Å². The fraction of sp³-hybridized carbons (Fsp3) is 0.389. The van der Waals surface area contributed by atoms with Crippen molar-refractivity contribution in [2.75, 3.05) is 19.6 Å². The number of quaternary nitrogens is 1. The van der Waals surface area contributed by atoms with Gasteiger partial charge in [0.15, 0.2) is 11.3 Å². The van der Waals surface area contributed by atoms with Gasteiger partial charge in [-0.3, -0.25) is 9.59 Å². The van der Waals surface area contributed by atoms with Crippen molar-refractivity contribution in [2.45, 2.75) is 30.6 Å². The molecule has 2 amide bonds. The molecule has 1 heterocycles. The van der Waals surface area contributed by atoms with E-state index in [-0.39, 0.29) is 23.4 Å². The number of aromatic hydroxyl groups is 1. The van der Waals surface area contributed by atoms with Gasteiger partial charge in [0.2, 0.25) is 5.91 Å². The van der Waals surface area contributed by atoms with Crippen LogP contribution in [0.1, 0.15) is 36.0 Å². The zero-order chi connectivity index (χ0) is 23.2. The molecule has 0 fully saturated rings. The minimum absolute atomic E-state index is 0.0642. The number of carbonyl (C=O) groups is 2. The molecule has 0 spiro atoms. The number of phenolic OH excluding ortho intramolecular Hbond substituents is 1. The number of hydrogen-bond donors (Lipinski definition) is 4. The molecule has 0 aliphatic heterocycles. The first kappa shape index (κ1) is 24.6. The van der Waals surface area contributed by atoms with Crippen LogP contribution in [-0.4, -0.2) is 49.5 Å². The maximum Gasteiger partial charge on any atom is 0.349 e. The zero-order valence-corrected chi connectivity index (χ0v) is 18.0. The topological polar surface area (TPSA) is 193 Å². The Morgan fingerprint density at radius 1 is 1.16 bits per heavy atom. The molecule has 0 aliphatic carbocycles. The van der Waals surface area contributed by atoms with Gasteiger partial charge in [0.25, 0.3) is 5.91 Å². The minimum Gasteiger partial charge on any atom is -0.744 e. The molecule has 13 heteroatoms. The van der Waals surface area contributed by atoms with Crippen molar-refractivity contribution < 1.29 is 37.8 Å². The van der Waals surface area contributed by atoms with Crippen LogP contribution in [0.4, 0.5) is 0 Å². The van der Waals surface area contributed by atoms with E-state index in [4.69, 9.17) is 16.0 Å². The first-order chi connectivity index (χ1) is 14.6. The van der Waals surface area contributed by atoms with Crippen molar-refractivity contribution in [3.8, 4) is 5.75 Å². The number of unbranched alkanes of at least 4 members (excludes halogenated alkanes) is 2. The quantitative estimate of drug-likeness (QED) is 0.204. The number of phenols is 1. The van der Waals surface area contributed by atoms with Gasteiger partial charge in [0, 0.05) is 18.4 Å². The molecule has 0 unspecified atom stereocenters. The number of benzene rings is 1. The molecular formula is C18H22ClN3O8S. The maximum atomic E-state index is 12.3. The van der Waals surface area contributed by atoms with Crippen LogP contribution in [0, 0.1) is 0 Å². The Morgan fingerprint density at radius 3 is 2.52 bits per heavy atom. The molecular weight excluding hydrogens is 454 g/mol. The van der Waals surface area contributed by atoms with E-state index in [9.17, 15) is 32.5 Å². The van der Waals surface area contributed by atoms with Crippen LogP contribution < -0.4 is 22.0 Å². The molecule has 0 aliphatic rings. The Bertz CT molecular complexity index is 1150.